The third-order valence-corrected chi connectivity index (χ3v) is 3.55. The van der Waals surface area contributed by atoms with Crippen LogP contribution in [0.3, 0.4) is 0 Å². The van der Waals surface area contributed by atoms with Gasteiger partial charge >= 0.3 is 9.28 Å². The van der Waals surface area contributed by atoms with Crippen LogP contribution in [-0.2, 0) is 8.85 Å². The first kappa shape index (κ1) is 10.5. The first-order valence-electron chi connectivity index (χ1n) is 3.60. The van der Waals surface area contributed by atoms with E-state index in [1.54, 1.807) is 7.11 Å². The first-order chi connectivity index (χ1) is 4.85. The molecule has 10 heavy (non-hydrogen) atoms. The highest BCUT2D eigenvalue weighted by Crippen LogP contribution is 1.99. The third-order valence-electron chi connectivity index (χ3n) is 1.18. The normalized spacial score (nSPS) is 13.5. The van der Waals surface area contributed by atoms with Gasteiger partial charge in [0.2, 0.25) is 0 Å². The van der Waals surface area contributed by atoms with E-state index in [2.05, 4.69) is 19.6 Å². The maximum atomic E-state index is 5.42. The van der Waals surface area contributed by atoms with Gasteiger partial charge in [0, 0.05) is 19.5 Å². The minimum Gasteiger partial charge on any atom is -0.400 e. The van der Waals surface area contributed by atoms with Crippen molar-refractivity contribution in [2.75, 3.05) is 19.5 Å². The maximum absolute atomic E-state index is 5.42. The van der Waals surface area contributed by atoms with Gasteiger partial charge < -0.3 is 8.85 Å². The second-order valence-electron chi connectivity index (χ2n) is 2.05. The molecular weight excluding hydrogens is 164 g/mol. The summed E-state index contributed by atoms with van der Waals surface area (Å²) in [5.41, 5.74) is 0. The summed E-state index contributed by atoms with van der Waals surface area (Å²) in [7, 11) is 0.448. The van der Waals surface area contributed by atoms with Crippen LogP contribution in [0.2, 0.25) is 6.04 Å². The highest BCUT2D eigenvalue weighted by Gasteiger charge is 2.08. The highest BCUT2D eigenvalue weighted by atomic mass is 32.1. The Morgan fingerprint density at radius 1 is 1.50 bits per heavy atom. The summed E-state index contributed by atoms with van der Waals surface area (Å²) >= 11 is 4.04. The summed E-state index contributed by atoms with van der Waals surface area (Å²) in [5, 5.41) is 0. The van der Waals surface area contributed by atoms with Crippen LogP contribution < -0.4 is 0 Å². The van der Waals surface area contributed by atoms with Gasteiger partial charge in [-0.3, -0.25) is 0 Å². The monoisotopic (exact) mass is 180 g/mol. The molecule has 4 heteroatoms. The second kappa shape index (κ2) is 7.59. The standard InChI is InChI=1S/C6H16O2SSi/c1-3-6-10(7-2)8-4-5-9/h9-10H,3-6H2,1-2H3. The quantitative estimate of drug-likeness (QED) is 0.489. The van der Waals surface area contributed by atoms with E-state index in [4.69, 9.17) is 8.85 Å². The molecule has 0 saturated heterocycles. The van der Waals surface area contributed by atoms with Gasteiger partial charge in [0.25, 0.3) is 0 Å². The lowest BCUT2D eigenvalue weighted by atomic mass is 10.6. The van der Waals surface area contributed by atoms with E-state index in [1.807, 2.05) is 0 Å². The van der Waals surface area contributed by atoms with E-state index in [0.29, 0.717) is 0 Å². The Balaban J connectivity index is 3.21. The van der Waals surface area contributed by atoms with Crippen LogP contribution in [0, 0.1) is 0 Å². The van der Waals surface area contributed by atoms with Crippen molar-refractivity contribution in [3.8, 4) is 0 Å². The molecule has 0 aromatic rings. The van der Waals surface area contributed by atoms with E-state index >= 15 is 0 Å². The molecule has 0 aromatic carbocycles. The number of hydrogen-bond donors (Lipinski definition) is 1. The van der Waals surface area contributed by atoms with Crippen molar-refractivity contribution in [2.45, 2.75) is 19.4 Å². The molecule has 0 amide bonds. The van der Waals surface area contributed by atoms with E-state index in [1.165, 1.54) is 0 Å². The van der Waals surface area contributed by atoms with Crippen molar-refractivity contribution in [3.05, 3.63) is 0 Å². The summed E-state index contributed by atoms with van der Waals surface area (Å²) in [6, 6.07) is 1.10. The molecule has 0 aliphatic carbocycles. The molecule has 0 spiro atoms. The molecule has 62 valence electrons. The predicted molar refractivity (Wildman–Crippen MR) is 49.1 cm³/mol. The molecule has 1 atom stereocenters. The largest absolute Gasteiger partial charge is 0.400 e. The minimum absolute atomic E-state index is 0.730. The highest BCUT2D eigenvalue weighted by molar-refractivity contribution is 7.80. The predicted octanol–water partition coefficient (Wildman–Crippen LogP) is 1.21. The Hall–Kier alpha value is 0.487. The van der Waals surface area contributed by atoms with Crippen LogP contribution in [0.5, 0.6) is 0 Å². The van der Waals surface area contributed by atoms with Gasteiger partial charge in [-0.05, 0) is 6.04 Å². The summed E-state index contributed by atoms with van der Waals surface area (Å²) in [5.74, 6) is 0.788. The zero-order valence-corrected chi connectivity index (χ0v) is 8.72. The molecule has 0 heterocycles. The Morgan fingerprint density at radius 3 is 2.60 bits per heavy atom. The smallest absolute Gasteiger partial charge is 0.321 e. The van der Waals surface area contributed by atoms with E-state index in [0.717, 1.165) is 24.8 Å². The molecule has 0 N–H and O–H groups in total. The summed E-state index contributed by atoms with van der Waals surface area (Å²) in [6.07, 6.45) is 1.15. The van der Waals surface area contributed by atoms with Gasteiger partial charge in [0.15, 0.2) is 0 Å². The van der Waals surface area contributed by atoms with E-state index in [-0.39, 0.29) is 0 Å². The molecule has 2 nitrogen and oxygen atoms in total. The van der Waals surface area contributed by atoms with Crippen LogP contribution >= 0.6 is 12.6 Å². The fourth-order valence-corrected chi connectivity index (χ4v) is 2.38. The van der Waals surface area contributed by atoms with Gasteiger partial charge in [-0.15, -0.1) is 0 Å². The molecule has 0 radical (unpaired) electrons. The molecule has 0 rings (SSSR count). The molecule has 0 saturated carbocycles. The average molecular weight is 180 g/mol. The zero-order valence-electron chi connectivity index (χ0n) is 6.67. The molecule has 0 aromatic heterocycles. The van der Waals surface area contributed by atoms with Gasteiger partial charge in [-0.2, -0.15) is 12.6 Å². The van der Waals surface area contributed by atoms with E-state index in [9.17, 15) is 0 Å². The zero-order chi connectivity index (χ0) is 7.82. The van der Waals surface area contributed by atoms with E-state index < -0.39 is 9.28 Å². The van der Waals surface area contributed by atoms with Gasteiger partial charge in [-0.1, -0.05) is 13.3 Å². The number of rotatable bonds is 6. The lowest BCUT2D eigenvalue weighted by Gasteiger charge is -2.11. The molecular formula is C6H16O2SSi. The van der Waals surface area contributed by atoms with Crippen LogP contribution in [0.4, 0.5) is 0 Å². The Bertz CT molecular complexity index is 72.8. The molecule has 0 fully saturated rings. The minimum atomic E-state index is -1.28. The number of thiol groups is 1. The van der Waals surface area contributed by atoms with Crippen LogP contribution in [-0.4, -0.2) is 28.8 Å². The molecule has 0 aliphatic rings. The van der Waals surface area contributed by atoms with Crippen molar-refractivity contribution < 1.29 is 8.85 Å². The Labute approximate surface area is 70.2 Å². The summed E-state index contributed by atoms with van der Waals surface area (Å²) in [4.78, 5) is 0. The first-order valence-corrected chi connectivity index (χ1v) is 5.99. The Kier molecular flexibility index (Phi) is 7.96. The average Bonchev–Trinajstić information content (AvgIpc) is 1.98. The fourth-order valence-electron chi connectivity index (χ4n) is 0.689. The van der Waals surface area contributed by atoms with Gasteiger partial charge in [-0.25, -0.2) is 0 Å². The summed E-state index contributed by atoms with van der Waals surface area (Å²) < 4.78 is 10.6. The second-order valence-corrected chi connectivity index (χ2v) is 4.74. The molecule has 1 unspecified atom stereocenters. The van der Waals surface area contributed by atoms with Gasteiger partial charge in [0.1, 0.15) is 0 Å². The number of hydrogen-bond acceptors (Lipinski definition) is 3. The van der Waals surface area contributed by atoms with Crippen LogP contribution in [0.15, 0.2) is 0 Å². The fraction of sp³-hybridized carbons (Fsp3) is 1.00. The van der Waals surface area contributed by atoms with Crippen molar-refractivity contribution in [1.82, 2.24) is 0 Å². The topological polar surface area (TPSA) is 18.5 Å². The molecule has 0 aliphatic heterocycles. The van der Waals surface area contributed by atoms with Gasteiger partial charge in [0.05, 0.1) is 0 Å². The Morgan fingerprint density at radius 2 is 2.20 bits per heavy atom. The molecule has 0 bridgehead atoms. The van der Waals surface area contributed by atoms with Crippen molar-refractivity contribution >= 4 is 21.9 Å². The lowest BCUT2D eigenvalue weighted by Crippen LogP contribution is -2.21. The summed E-state index contributed by atoms with van der Waals surface area (Å²) in [6.45, 7) is 2.87. The third kappa shape index (κ3) is 5.29. The van der Waals surface area contributed by atoms with Crippen molar-refractivity contribution in [2.24, 2.45) is 0 Å². The van der Waals surface area contributed by atoms with Crippen molar-refractivity contribution in [3.63, 3.8) is 0 Å². The van der Waals surface area contributed by atoms with Crippen molar-refractivity contribution in [1.29, 1.82) is 0 Å². The van der Waals surface area contributed by atoms with Crippen LogP contribution in [0.1, 0.15) is 13.3 Å². The SMILES string of the molecule is CCC[SiH](OC)OCCS. The lowest BCUT2D eigenvalue weighted by molar-refractivity contribution is 0.243. The maximum Gasteiger partial charge on any atom is 0.321 e. The van der Waals surface area contributed by atoms with Crippen LogP contribution in [0.25, 0.3) is 0 Å².